The van der Waals surface area contributed by atoms with Crippen LogP contribution in [-0.2, 0) is 11.8 Å². The summed E-state index contributed by atoms with van der Waals surface area (Å²) < 4.78 is 1.67. The number of amides is 1. The molecule has 0 saturated heterocycles. The van der Waals surface area contributed by atoms with E-state index < -0.39 is 11.5 Å². The van der Waals surface area contributed by atoms with E-state index in [2.05, 4.69) is 15.4 Å². The molecule has 0 aliphatic rings. The standard InChI is InChI=1S/C14H18N4O3S/c1-14(2,5-4-11(19)20)17-12(21)10-8-22-13(16-10)9-6-15-18(3)7-9/h6-8H,4-5H2,1-3H3,(H,17,21)(H,19,20). The number of thiazole rings is 1. The number of aryl methyl sites for hydroxylation is 1. The molecule has 0 unspecified atom stereocenters. The number of hydrogen-bond donors (Lipinski definition) is 2. The van der Waals surface area contributed by atoms with Crippen molar-refractivity contribution in [2.75, 3.05) is 0 Å². The number of carbonyl (C=O) groups is 2. The van der Waals surface area contributed by atoms with Gasteiger partial charge >= 0.3 is 5.97 Å². The molecule has 2 rings (SSSR count). The zero-order chi connectivity index (χ0) is 16.3. The quantitative estimate of drug-likeness (QED) is 0.847. The van der Waals surface area contributed by atoms with Crippen molar-refractivity contribution in [3.05, 3.63) is 23.5 Å². The lowest BCUT2D eigenvalue weighted by Gasteiger charge is -2.25. The number of nitrogens with zero attached hydrogens (tertiary/aromatic N) is 3. The number of aromatic nitrogens is 3. The van der Waals surface area contributed by atoms with Crippen LogP contribution in [-0.4, -0.2) is 37.3 Å². The molecule has 0 spiro atoms. The van der Waals surface area contributed by atoms with E-state index in [0.717, 1.165) is 10.6 Å². The van der Waals surface area contributed by atoms with Crippen LogP contribution in [0.15, 0.2) is 17.8 Å². The molecule has 0 atom stereocenters. The fourth-order valence-electron chi connectivity index (χ4n) is 1.90. The molecular formula is C14H18N4O3S. The van der Waals surface area contributed by atoms with Crippen LogP contribution in [0.25, 0.3) is 10.6 Å². The van der Waals surface area contributed by atoms with Gasteiger partial charge in [0.25, 0.3) is 5.91 Å². The van der Waals surface area contributed by atoms with E-state index in [0.29, 0.717) is 12.1 Å². The SMILES string of the molecule is Cn1cc(-c2nc(C(=O)NC(C)(C)CCC(=O)O)cs2)cn1. The second kappa shape index (κ2) is 6.27. The van der Waals surface area contributed by atoms with Gasteiger partial charge in [-0.25, -0.2) is 4.98 Å². The molecular weight excluding hydrogens is 304 g/mol. The summed E-state index contributed by atoms with van der Waals surface area (Å²) in [6.45, 7) is 3.59. The molecule has 8 heteroatoms. The van der Waals surface area contributed by atoms with E-state index in [1.165, 1.54) is 11.3 Å². The van der Waals surface area contributed by atoms with Crippen LogP contribution in [0.2, 0.25) is 0 Å². The largest absolute Gasteiger partial charge is 0.481 e. The summed E-state index contributed by atoms with van der Waals surface area (Å²) in [5.41, 5.74) is 0.581. The van der Waals surface area contributed by atoms with Gasteiger partial charge in [-0.1, -0.05) is 0 Å². The van der Waals surface area contributed by atoms with E-state index in [1.807, 2.05) is 13.2 Å². The minimum absolute atomic E-state index is 0.00524. The lowest BCUT2D eigenvalue weighted by molar-refractivity contribution is -0.137. The maximum absolute atomic E-state index is 12.2. The normalized spacial score (nSPS) is 11.4. The summed E-state index contributed by atoms with van der Waals surface area (Å²) in [6.07, 6.45) is 3.88. The number of carbonyl (C=O) groups excluding carboxylic acids is 1. The molecule has 0 saturated carbocycles. The molecule has 7 nitrogen and oxygen atoms in total. The minimum atomic E-state index is -0.880. The molecule has 118 valence electrons. The van der Waals surface area contributed by atoms with Gasteiger partial charge in [0, 0.05) is 36.1 Å². The van der Waals surface area contributed by atoms with Crippen LogP contribution in [0.1, 0.15) is 37.2 Å². The number of carboxylic acids is 1. The summed E-state index contributed by atoms with van der Waals surface area (Å²) in [7, 11) is 1.82. The maximum atomic E-state index is 12.2. The van der Waals surface area contributed by atoms with Crippen LogP contribution in [0.3, 0.4) is 0 Å². The number of nitrogens with one attached hydrogen (secondary N) is 1. The first-order valence-electron chi connectivity index (χ1n) is 6.76. The molecule has 0 aliphatic heterocycles. The van der Waals surface area contributed by atoms with Gasteiger partial charge in [0.15, 0.2) is 0 Å². The van der Waals surface area contributed by atoms with Crippen molar-refractivity contribution in [1.82, 2.24) is 20.1 Å². The topological polar surface area (TPSA) is 97.1 Å². The van der Waals surface area contributed by atoms with E-state index in [-0.39, 0.29) is 12.3 Å². The summed E-state index contributed by atoms with van der Waals surface area (Å²) in [5.74, 6) is -1.18. The van der Waals surface area contributed by atoms with E-state index in [9.17, 15) is 9.59 Å². The third-order valence-electron chi connectivity index (χ3n) is 3.10. The molecule has 22 heavy (non-hydrogen) atoms. The van der Waals surface area contributed by atoms with Crippen LogP contribution in [0.5, 0.6) is 0 Å². The number of hydrogen-bond acceptors (Lipinski definition) is 5. The van der Waals surface area contributed by atoms with Gasteiger partial charge in [-0.15, -0.1) is 11.3 Å². The Balaban J connectivity index is 2.04. The molecule has 0 radical (unpaired) electrons. The smallest absolute Gasteiger partial charge is 0.303 e. The van der Waals surface area contributed by atoms with Gasteiger partial charge in [-0.2, -0.15) is 5.10 Å². The number of aliphatic carboxylic acids is 1. The highest BCUT2D eigenvalue weighted by Gasteiger charge is 2.23. The number of carboxylic acid groups (broad SMARTS) is 1. The Morgan fingerprint density at radius 2 is 2.18 bits per heavy atom. The Bertz CT molecular complexity index is 690. The Hall–Kier alpha value is -2.22. The van der Waals surface area contributed by atoms with Crippen LogP contribution < -0.4 is 5.32 Å². The molecule has 1 amide bonds. The highest BCUT2D eigenvalue weighted by molar-refractivity contribution is 7.13. The first-order chi connectivity index (χ1) is 10.3. The first kappa shape index (κ1) is 16.2. The van der Waals surface area contributed by atoms with Crippen LogP contribution >= 0.6 is 11.3 Å². The van der Waals surface area contributed by atoms with Crippen molar-refractivity contribution in [2.24, 2.45) is 7.05 Å². The van der Waals surface area contributed by atoms with E-state index in [1.54, 1.807) is 30.1 Å². The molecule has 2 N–H and O–H groups in total. The molecule has 2 aromatic heterocycles. The summed E-state index contributed by atoms with van der Waals surface area (Å²) >= 11 is 1.37. The highest BCUT2D eigenvalue weighted by Crippen LogP contribution is 2.23. The summed E-state index contributed by atoms with van der Waals surface area (Å²) in [5, 5.41) is 18.0. The van der Waals surface area contributed by atoms with Crippen molar-refractivity contribution in [2.45, 2.75) is 32.2 Å². The molecule has 0 fully saturated rings. The van der Waals surface area contributed by atoms with Crippen molar-refractivity contribution in [3.63, 3.8) is 0 Å². The van der Waals surface area contributed by atoms with Crippen molar-refractivity contribution in [3.8, 4) is 10.6 Å². The Labute approximate surface area is 132 Å². The molecule has 0 aliphatic carbocycles. The molecule has 0 bridgehead atoms. The van der Waals surface area contributed by atoms with Gasteiger partial charge in [0.2, 0.25) is 0 Å². The lowest BCUT2D eigenvalue weighted by atomic mass is 9.98. The summed E-state index contributed by atoms with van der Waals surface area (Å²) in [4.78, 5) is 27.2. The fourth-order valence-corrected chi connectivity index (χ4v) is 2.67. The maximum Gasteiger partial charge on any atom is 0.303 e. The molecule has 2 aromatic rings. The van der Waals surface area contributed by atoms with E-state index >= 15 is 0 Å². The van der Waals surface area contributed by atoms with Crippen molar-refractivity contribution >= 4 is 23.2 Å². The van der Waals surface area contributed by atoms with Crippen LogP contribution in [0, 0.1) is 0 Å². The lowest BCUT2D eigenvalue weighted by Crippen LogP contribution is -2.43. The number of rotatable bonds is 6. The minimum Gasteiger partial charge on any atom is -0.481 e. The third-order valence-corrected chi connectivity index (χ3v) is 4.00. The summed E-state index contributed by atoms with van der Waals surface area (Å²) in [6, 6.07) is 0. The third kappa shape index (κ3) is 4.14. The van der Waals surface area contributed by atoms with Gasteiger partial charge in [-0.05, 0) is 20.3 Å². The van der Waals surface area contributed by atoms with Crippen LogP contribution in [0.4, 0.5) is 0 Å². The highest BCUT2D eigenvalue weighted by atomic mass is 32.1. The van der Waals surface area contributed by atoms with Gasteiger partial charge in [0.05, 0.1) is 6.20 Å². The monoisotopic (exact) mass is 322 g/mol. The predicted octanol–water partition coefficient (Wildman–Crippen LogP) is 1.92. The first-order valence-corrected chi connectivity index (χ1v) is 7.64. The second-order valence-electron chi connectivity index (χ2n) is 5.67. The van der Waals surface area contributed by atoms with Crippen molar-refractivity contribution < 1.29 is 14.7 Å². The molecule has 0 aromatic carbocycles. The predicted molar refractivity (Wildman–Crippen MR) is 82.7 cm³/mol. The van der Waals surface area contributed by atoms with Crippen molar-refractivity contribution in [1.29, 1.82) is 0 Å². The zero-order valence-corrected chi connectivity index (χ0v) is 13.5. The average molecular weight is 322 g/mol. The second-order valence-corrected chi connectivity index (χ2v) is 6.53. The van der Waals surface area contributed by atoms with Gasteiger partial charge in [-0.3, -0.25) is 14.3 Å². The Kier molecular flexibility index (Phi) is 4.60. The van der Waals surface area contributed by atoms with E-state index in [4.69, 9.17) is 5.11 Å². The van der Waals surface area contributed by atoms with Gasteiger partial charge < -0.3 is 10.4 Å². The molecule has 2 heterocycles. The Morgan fingerprint density at radius 3 is 2.77 bits per heavy atom. The van der Waals surface area contributed by atoms with Gasteiger partial charge in [0.1, 0.15) is 10.7 Å². The fraction of sp³-hybridized carbons (Fsp3) is 0.429. The Morgan fingerprint density at radius 1 is 1.45 bits per heavy atom. The zero-order valence-electron chi connectivity index (χ0n) is 12.7. The average Bonchev–Trinajstić information content (AvgIpc) is 3.04.